The number of aromatic nitrogens is 5. The molecule has 0 spiro atoms. The van der Waals surface area contributed by atoms with E-state index in [1.165, 1.54) is 49.9 Å². The van der Waals surface area contributed by atoms with Crippen LogP contribution in [0.4, 0.5) is 17.6 Å². The minimum atomic E-state index is 0.277. The third kappa shape index (κ3) is 5.19. The van der Waals surface area contributed by atoms with Gasteiger partial charge in [0.25, 0.3) is 0 Å². The number of piperazine rings is 1. The van der Waals surface area contributed by atoms with Crippen molar-refractivity contribution in [3.8, 4) is 17.1 Å². The predicted octanol–water partition coefficient (Wildman–Crippen LogP) is 4.60. The molecule has 2 aromatic carbocycles. The van der Waals surface area contributed by atoms with Gasteiger partial charge in [-0.3, -0.25) is 9.80 Å². The molecule has 0 unspecified atom stereocenters. The molecule has 9 nitrogen and oxygen atoms in total. The van der Waals surface area contributed by atoms with Crippen LogP contribution in [0.25, 0.3) is 17.1 Å². The topological polar surface area (TPSA) is 101 Å². The van der Waals surface area contributed by atoms with Crippen molar-refractivity contribution >= 4 is 17.6 Å². The van der Waals surface area contributed by atoms with E-state index >= 15 is 0 Å². The maximum absolute atomic E-state index is 6.26. The van der Waals surface area contributed by atoms with Gasteiger partial charge in [-0.1, -0.05) is 49.2 Å². The summed E-state index contributed by atoms with van der Waals surface area (Å²) in [6, 6.07) is 19.9. The quantitative estimate of drug-likeness (QED) is 0.370. The largest absolute Gasteiger partial charge is 0.368 e. The van der Waals surface area contributed by atoms with E-state index < -0.39 is 0 Å². The fourth-order valence-corrected chi connectivity index (χ4v) is 6.56. The van der Waals surface area contributed by atoms with Crippen molar-refractivity contribution in [1.82, 2.24) is 34.8 Å². The van der Waals surface area contributed by atoms with Crippen LogP contribution >= 0.6 is 0 Å². The van der Waals surface area contributed by atoms with E-state index in [0.29, 0.717) is 11.8 Å². The molecule has 0 bridgehead atoms. The predicted molar refractivity (Wildman–Crippen MR) is 158 cm³/mol. The molecular weight excluding hydrogens is 498 g/mol. The minimum absolute atomic E-state index is 0.277. The van der Waals surface area contributed by atoms with Gasteiger partial charge in [0.1, 0.15) is 0 Å². The van der Waals surface area contributed by atoms with Gasteiger partial charge in [0.2, 0.25) is 11.9 Å². The lowest BCUT2D eigenvalue weighted by Gasteiger charge is -2.38. The highest BCUT2D eigenvalue weighted by Crippen LogP contribution is 2.31. The number of anilines is 3. The van der Waals surface area contributed by atoms with Crippen LogP contribution in [0.5, 0.6) is 0 Å². The monoisotopic (exact) mass is 535 g/mol. The molecule has 0 radical (unpaired) electrons. The number of aryl methyl sites for hydroxylation is 2. The Labute approximate surface area is 235 Å². The smallest absolute Gasteiger partial charge is 0.248 e. The second-order valence-corrected chi connectivity index (χ2v) is 11.4. The van der Waals surface area contributed by atoms with E-state index in [1.807, 2.05) is 6.07 Å². The zero-order chi connectivity index (χ0) is 26.9. The molecule has 206 valence electrons. The van der Waals surface area contributed by atoms with Crippen LogP contribution in [-0.4, -0.2) is 67.0 Å². The van der Waals surface area contributed by atoms with Gasteiger partial charge in [-0.2, -0.15) is 9.67 Å². The zero-order valence-electron chi connectivity index (χ0n) is 23.0. The number of hydrogen-bond donors (Lipinski definition) is 2. The Kier molecular flexibility index (Phi) is 6.91. The number of fused-ring (bicyclic) bond motifs is 3. The molecule has 1 saturated carbocycles. The number of hydrogen-bond acceptors (Lipinski definition) is 8. The minimum Gasteiger partial charge on any atom is -0.368 e. The summed E-state index contributed by atoms with van der Waals surface area (Å²) in [4.78, 5) is 9.72. The molecule has 2 aliphatic carbocycles. The number of nitrogens with two attached hydrogens (primary N) is 1. The number of benzene rings is 2. The van der Waals surface area contributed by atoms with Crippen molar-refractivity contribution in [3.63, 3.8) is 0 Å². The third-order valence-corrected chi connectivity index (χ3v) is 8.74. The van der Waals surface area contributed by atoms with E-state index in [9.17, 15) is 0 Å². The van der Waals surface area contributed by atoms with Crippen molar-refractivity contribution in [1.29, 1.82) is 0 Å². The van der Waals surface area contributed by atoms with Crippen LogP contribution < -0.4 is 11.1 Å². The SMILES string of the molecule is Nc1nc(Nc2ccc(CN3CCN(C4CCCC4)CC3)cc2)nn1-c1cc2c(nn1)-c1ccccc1CCC2. The Morgan fingerprint density at radius 1 is 0.850 bits per heavy atom. The van der Waals surface area contributed by atoms with Crippen LogP contribution in [0, 0.1) is 0 Å². The van der Waals surface area contributed by atoms with Gasteiger partial charge in [0.05, 0.1) is 5.69 Å². The molecule has 0 amide bonds. The number of rotatable bonds is 6. The summed E-state index contributed by atoms with van der Waals surface area (Å²) in [7, 11) is 0. The summed E-state index contributed by atoms with van der Waals surface area (Å²) in [6.45, 7) is 5.68. The van der Waals surface area contributed by atoms with E-state index in [-0.39, 0.29) is 5.95 Å². The molecule has 9 heteroatoms. The lowest BCUT2D eigenvalue weighted by molar-refractivity contribution is 0.0937. The van der Waals surface area contributed by atoms with Crippen molar-refractivity contribution in [3.05, 3.63) is 71.3 Å². The molecule has 0 atom stereocenters. The Balaban J connectivity index is 0.999. The highest BCUT2D eigenvalue weighted by Gasteiger charge is 2.26. The Morgan fingerprint density at radius 2 is 1.62 bits per heavy atom. The summed E-state index contributed by atoms with van der Waals surface area (Å²) in [5.41, 5.74) is 13.1. The second-order valence-electron chi connectivity index (χ2n) is 11.4. The summed E-state index contributed by atoms with van der Waals surface area (Å²) >= 11 is 0. The fraction of sp³-hybridized carbons (Fsp3) is 0.419. The Hall–Kier alpha value is -3.82. The summed E-state index contributed by atoms with van der Waals surface area (Å²) < 4.78 is 1.56. The first kappa shape index (κ1) is 25.2. The first-order chi connectivity index (χ1) is 19.7. The number of nitrogens with zero attached hydrogens (tertiary/aromatic N) is 7. The number of nitrogen functional groups attached to an aromatic ring is 1. The van der Waals surface area contributed by atoms with Gasteiger partial charge < -0.3 is 11.1 Å². The average Bonchev–Trinajstić information content (AvgIpc) is 3.61. The zero-order valence-corrected chi connectivity index (χ0v) is 23.0. The first-order valence-electron chi connectivity index (χ1n) is 14.7. The van der Waals surface area contributed by atoms with Gasteiger partial charge >= 0.3 is 0 Å². The van der Waals surface area contributed by atoms with E-state index in [0.717, 1.165) is 67.4 Å². The Morgan fingerprint density at radius 3 is 2.45 bits per heavy atom. The van der Waals surface area contributed by atoms with E-state index in [2.05, 4.69) is 83.9 Å². The molecule has 3 N–H and O–H groups in total. The summed E-state index contributed by atoms with van der Waals surface area (Å²) in [5, 5.41) is 17.0. The second kappa shape index (κ2) is 11.0. The van der Waals surface area contributed by atoms with Crippen LogP contribution in [0.2, 0.25) is 0 Å². The molecule has 2 fully saturated rings. The van der Waals surface area contributed by atoms with E-state index in [4.69, 9.17) is 5.73 Å². The van der Waals surface area contributed by atoms with Crippen LogP contribution in [0.3, 0.4) is 0 Å². The highest BCUT2D eigenvalue weighted by atomic mass is 15.4. The number of nitrogens with one attached hydrogen (secondary N) is 1. The molecule has 3 heterocycles. The van der Waals surface area contributed by atoms with Crippen LogP contribution in [0.1, 0.15) is 48.8 Å². The normalized spacial score (nSPS) is 18.3. The van der Waals surface area contributed by atoms with E-state index in [1.54, 1.807) is 4.68 Å². The third-order valence-electron chi connectivity index (χ3n) is 8.74. The van der Waals surface area contributed by atoms with Crippen molar-refractivity contribution in [2.24, 2.45) is 0 Å². The van der Waals surface area contributed by atoms with Crippen molar-refractivity contribution < 1.29 is 0 Å². The molecule has 4 aromatic rings. The van der Waals surface area contributed by atoms with Crippen molar-refractivity contribution in [2.45, 2.75) is 57.5 Å². The Bertz CT molecular complexity index is 1460. The van der Waals surface area contributed by atoms with Gasteiger partial charge in [0, 0.05) is 50.0 Å². The van der Waals surface area contributed by atoms with Gasteiger partial charge in [-0.05, 0) is 67.0 Å². The molecule has 40 heavy (non-hydrogen) atoms. The maximum atomic E-state index is 6.26. The first-order valence-corrected chi connectivity index (χ1v) is 14.7. The molecule has 1 aliphatic heterocycles. The maximum Gasteiger partial charge on any atom is 0.248 e. The molecule has 1 saturated heterocycles. The molecule has 3 aliphatic rings. The molecular formula is C31H37N9. The fourth-order valence-electron chi connectivity index (χ4n) is 6.56. The van der Waals surface area contributed by atoms with Crippen LogP contribution in [-0.2, 0) is 19.4 Å². The lowest BCUT2D eigenvalue weighted by Crippen LogP contribution is -2.49. The summed E-state index contributed by atoms with van der Waals surface area (Å²) in [6.07, 6.45) is 8.65. The molecule has 2 aromatic heterocycles. The highest BCUT2D eigenvalue weighted by molar-refractivity contribution is 5.68. The summed E-state index contributed by atoms with van der Waals surface area (Å²) in [5.74, 6) is 1.30. The van der Waals surface area contributed by atoms with Gasteiger partial charge in [-0.15, -0.1) is 15.3 Å². The lowest BCUT2D eigenvalue weighted by atomic mass is 10.0. The van der Waals surface area contributed by atoms with Crippen molar-refractivity contribution in [2.75, 3.05) is 37.2 Å². The standard InChI is InChI=1S/C31H37N9/c32-30-34-31(37-40(30)28-20-24-8-5-7-23-6-1-4-11-27(23)29(24)36-35-28)33-25-14-12-22(13-15-25)21-38-16-18-39(19-17-38)26-9-2-3-10-26/h1,4,6,11-15,20,26H,2-3,5,7-10,16-19,21H2,(H3,32,33,34,37). The average molecular weight is 536 g/mol. The van der Waals surface area contributed by atoms with Crippen LogP contribution in [0.15, 0.2) is 54.6 Å². The van der Waals surface area contributed by atoms with Gasteiger partial charge in [-0.25, -0.2) is 0 Å². The molecule has 7 rings (SSSR count). The van der Waals surface area contributed by atoms with Gasteiger partial charge in [0.15, 0.2) is 5.82 Å².